The number of carbonyl (C=O) groups excluding carboxylic acids is 1. The summed E-state index contributed by atoms with van der Waals surface area (Å²) in [7, 11) is 0. The molecule has 8 heavy (non-hydrogen) atoms. The van der Waals surface area contributed by atoms with E-state index in [-0.39, 0.29) is 5.78 Å². The second kappa shape index (κ2) is 2.09. The third kappa shape index (κ3) is 0.954. The molecular weight excluding hydrogens is 126 g/mol. The van der Waals surface area contributed by atoms with Crippen LogP contribution in [-0.4, -0.2) is 17.4 Å². The van der Waals surface area contributed by atoms with Crippen molar-refractivity contribution >= 4 is 23.6 Å². The average molecular weight is 129 g/mol. The van der Waals surface area contributed by atoms with E-state index >= 15 is 0 Å². The monoisotopic (exact) mass is 128 g/mol. The molecule has 0 aliphatic carbocycles. The Hall–Kier alpha value is -0.630. The largest absolute Gasteiger partial charge is 0.290 e. The second-order valence-electron chi connectivity index (χ2n) is 1.35. The summed E-state index contributed by atoms with van der Waals surface area (Å²) in [6.07, 6.45) is 5.17. The lowest BCUT2D eigenvalue weighted by Crippen LogP contribution is -2.14. The molecule has 3 heteroatoms. The highest BCUT2D eigenvalue weighted by atomic mass is 35.5. The number of Topliss-reactive ketones (excluding diaryl/α,β-unsaturated/α-hetero) is 1. The summed E-state index contributed by atoms with van der Waals surface area (Å²) in [5.74, 6) is -0.269. The summed E-state index contributed by atoms with van der Waals surface area (Å²) in [5.41, 5.74) is 0. The van der Waals surface area contributed by atoms with E-state index in [1.54, 1.807) is 0 Å². The number of allylic oxidation sites excluding steroid dienone is 1. The van der Waals surface area contributed by atoms with E-state index in [4.69, 9.17) is 11.6 Å². The molecular formula is C5H3ClNO. The maximum atomic E-state index is 10.4. The molecule has 41 valence electrons. The number of halogens is 1. The first-order valence-corrected chi connectivity index (χ1v) is 2.55. The van der Waals surface area contributed by atoms with Crippen LogP contribution in [0.5, 0.6) is 0 Å². The van der Waals surface area contributed by atoms with Crippen molar-refractivity contribution in [1.82, 2.24) is 0 Å². The molecule has 0 aromatic carbocycles. The van der Waals surface area contributed by atoms with Crippen LogP contribution in [0.2, 0.25) is 0 Å². The summed E-state index contributed by atoms with van der Waals surface area (Å²) in [5, 5.41) is -0.549. The van der Waals surface area contributed by atoms with Crippen molar-refractivity contribution in [2.45, 2.75) is 5.38 Å². The minimum atomic E-state index is -0.549. The van der Waals surface area contributed by atoms with Gasteiger partial charge in [0.05, 0.1) is 0 Å². The van der Waals surface area contributed by atoms with E-state index < -0.39 is 5.38 Å². The van der Waals surface area contributed by atoms with Crippen LogP contribution in [0.4, 0.5) is 0 Å². The van der Waals surface area contributed by atoms with Gasteiger partial charge in [-0.15, -0.1) is 11.6 Å². The fourth-order valence-electron chi connectivity index (χ4n) is 0.369. The van der Waals surface area contributed by atoms with Crippen molar-refractivity contribution in [3.63, 3.8) is 0 Å². The van der Waals surface area contributed by atoms with Gasteiger partial charge < -0.3 is 0 Å². The minimum absolute atomic E-state index is 0.269. The molecule has 0 fully saturated rings. The summed E-state index contributed by atoms with van der Waals surface area (Å²) in [6, 6.07) is 0. The summed E-state index contributed by atoms with van der Waals surface area (Å²) < 4.78 is 0. The van der Waals surface area contributed by atoms with E-state index in [9.17, 15) is 4.79 Å². The maximum absolute atomic E-state index is 10.4. The molecule has 0 bridgehead atoms. The van der Waals surface area contributed by atoms with Crippen LogP contribution in [0.25, 0.3) is 0 Å². The van der Waals surface area contributed by atoms with Crippen molar-refractivity contribution < 1.29 is 4.79 Å². The molecule has 1 aliphatic rings. The van der Waals surface area contributed by atoms with Gasteiger partial charge >= 0.3 is 0 Å². The molecule has 1 aliphatic heterocycles. The Morgan fingerprint density at radius 3 is 3.00 bits per heavy atom. The highest BCUT2D eigenvalue weighted by molar-refractivity contribution is 6.46. The van der Waals surface area contributed by atoms with Gasteiger partial charge in [-0.2, -0.15) is 0 Å². The number of carbonyl (C=O) groups is 1. The molecule has 0 saturated heterocycles. The summed E-state index contributed by atoms with van der Waals surface area (Å²) in [4.78, 5) is 13.8. The Balaban J connectivity index is 2.74. The van der Waals surface area contributed by atoms with Crippen molar-refractivity contribution in [3.05, 3.63) is 12.3 Å². The van der Waals surface area contributed by atoms with E-state index in [1.165, 1.54) is 12.3 Å². The van der Waals surface area contributed by atoms with E-state index in [2.05, 4.69) is 11.2 Å². The zero-order valence-corrected chi connectivity index (χ0v) is 4.72. The highest BCUT2D eigenvalue weighted by Gasteiger charge is 2.11. The van der Waals surface area contributed by atoms with Gasteiger partial charge in [-0.25, -0.2) is 0 Å². The molecule has 0 N–H and O–H groups in total. The normalized spacial score (nSPS) is 26.6. The third-order valence-electron chi connectivity index (χ3n) is 0.755. The van der Waals surface area contributed by atoms with E-state index in [0.29, 0.717) is 0 Å². The van der Waals surface area contributed by atoms with Crippen LogP contribution < -0.4 is 0 Å². The second-order valence-corrected chi connectivity index (χ2v) is 1.82. The predicted molar refractivity (Wildman–Crippen MR) is 31.2 cm³/mol. The number of ketones is 1. The van der Waals surface area contributed by atoms with Gasteiger partial charge in [-0.1, -0.05) is 0 Å². The summed E-state index contributed by atoms with van der Waals surface area (Å²) >= 11 is 5.41. The fourth-order valence-corrected chi connectivity index (χ4v) is 0.482. The first kappa shape index (κ1) is 5.51. The topological polar surface area (TPSA) is 29.4 Å². The number of nitrogens with zero attached hydrogens (tertiary/aromatic N) is 1. The Morgan fingerprint density at radius 2 is 2.62 bits per heavy atom. The lowest BCUT2D eigenvalue weighted by molar-refractivity contribution is -0.111. The van der Waals surface area contributed by atoms with E-state index in [1.807, 2.05) is 0 Å². The van der Waals surface area contributed by atoms with Gasteiger partial charge in [0.2, 0.25) is 5.78 Å². The van der Waals surface area contributed by atoms with Crippen molar-refractivity contribution in [3.8, 4) is 0 Å². The molecule has 1 radical (unpaired) electrons. The van der Waals surface area contributed by atoms with Crippen LogP contribution in [0.3, 0.4) is 0 Å². The first-order chi connectivity index (χ1) is 3.80. The van der Waals surface area contributed by atoms with Gasteiger partial charge in [-0.05, 0) is 6.08 Å². The number of hydrogen-bond donors (Lipinski definition) is 0. The Labute approximate surface area is 51.9 Å². The molecule has 0 aromatic heterocycles. The first-order valence-electron chi connectivity index (χ1n) is 2.11. The molecule has 0 amide bonds. The third-order valence-corrected chi connectivity index (χ3v) is 1.10. The zero-order chi connectivity index (χ0) is 5.98. The average Bonchev–Trinajstić information content (AvgIpc) is 1.77. The molecule has 1 heterocycles. The van der Waals surface area contributed by atoms with Crippen molar-refractivity contribution in [2.24, 2.45) is 4.99 Å². The Kier molecular flexibility index (Phi) is 1.44. The predicted octanol–water partition coefficient (Wildman–Crippen LogP) is 0.638. The standard InChI is InChI=1S/C5H3ClNO/c6-4-1-2-7-3-5(4)8/h1-2,4H. The molecule has 0 spiro atoms. The van der Waals surface area contributed by atoms with E-state index in [0.717, 1.165) is 0 Å². The van der Waals surface area contributed by atoms with Crippen LogP contribution in [0, 0.1) is 0 Å². The lowest BCUT2D eigenvalue weighted by atomic mass is 10.2. The van der Waals surface area contributed by atoms with Gasteiger partial charge in [0.1, 0.15) is 11.6 Å². The summed E-state index contributed by atoms with van der Waals surface area (Å²) in [6.45, 7) is 0. The maximum Gasteiger partial charge on any atom is 0.205 e. The SMILES string of the molecule is O=C1[C]=NC=CC1Cl. The number of aliphatic imine (C=N–C) groups is 1. The van der Waals surface area contributed by atoms with Crippen LogP contribution in [-0.2, 0) is 4.79 Å². The number of alkyl halides is 1. The molecule has 0 saturated carbocycles. The molecule has 0 aromatic rings. The molecule has 1 unspecified atom stereocenters. The fraction of sp³-hybridized carbons (Fsp3) is 0.200. The van der Waals surface area contributed by atoms with Crippen molar-refractivity contribution in [2.75, 3.05) is 0 Å². The Bertz CT molecular complexity index is 162. The van der Waals surface area contributed by atoms with Gasteiger partial charge in [0.25, 0.3) is 0 Å². The molecule has 2 nitrogen and oxygen atoms in total. The molecule has 1 atom stereocenters. The zero-order valence-electron chi connectivity index (χ0n) is 3.97. The number of hydrogen-bond acceptors (Lipinski definition) is 2. The minimum Gasteiger partial charge on any atom is -0.290 e. The van der Waals surface area contributed by atoms with Gasteiger partial charge in [0, 0.05) is 6.20 Å². The van der Waals surface area contributed by atoms with Gasteiger partial charge in [0.15, 0.2) is 0 Å². The molecule has 1 rings (SSSR count). The van der Waals surface area contributed by atoms with Crippen molar-refractivity contribution in [1.29, 1.82) is 0 Å². The smallest absolute Gasteiger partial charge is 0.205 e. The lowest BCUT2D eigenvalue weighted by Gasteiger charge is -1.97. The van der Waals surface area contributed by atoms with Crippen LogP contribution in [0.1, 0.15) is 0 Å². The van der Waals surface area contributed by atoms with Crippen LogP contribution in [0.15, 0.2) is 17.3 Å². The highest BCUT2D eigenvalue weighted by Crippen LogP contribution is 2.01. The number of rotatable bonds is 0. The quantitative estimate of drug-likeness (QED) is 0.440. The van der Waals surface area contributed by atoms with Crippen LogP contribution >= 0.6 is 11.6 Å². The van der Waals surface area contributed by atoms with Gasteiger partial charge in [-0.3, -0.25) is 9.79 Å². The Morgan fingerprint density at radius 1 is 1.88 bits per heavy atom.